The molecular weight excluding hydrogens is 225 g/mol. The summed E-state index contributed by atoms with van der Waals surface area (Å²) >= 11 is 0. The number of nitrogens with one attached hydrogen (secondary N) is 1. The van der Waals surface area contributed by atoms with E-state index >= 15 is 0 Å². The molecule has 1 rings (SSSR count). The van der Waals surface area contributed by atoms with E-state index in [4.69, 9.17) is 10.2 Å². The monoisotopic (exact) mass is 241 g/mol. The molecule has 5 heteroatoms. The summed E-state index contributed by atoms with van der Waals surface area (Å²) in [5, 5.41) is 20.7. The molecule has 3 N–H and O–H groups in total. The SMILES string of the molecule is CC(C)(CO)CNc1c(F)cccc1C(=O)O. The van der Waals surface area contributed by atoms with Gasteiger partial charge in [0.1, 0.15) is 5.82 Å². The van der Waals surface area contributed by atoms with Gasteiger partial charge in [-0.05, 0) is 12.1 Å². The van der Waals surface area contributed by atoms with Crippen molar-refractivity contribution in [3.8, 4) is 0 Å². The Hall–Kier alpha value is -1.62. The smallest absolute Gasteiger partial charge is 0.337 e. The minimum absolute atomic E-state index is 0.0403. The van der Waals surface area contributed by atoms with Gasteiger partial charge in [-0.2, -0.15) is 0 Å². The van der Waals surface area contributed by atoms with Crippen LogP contribution in [-0.4, -0.2) is 29.3 Å². The van der Waals surface area contributed by atoms with Gasteiger partial charge in [0.25, 0.3) is 0 Å². The molecule has 0 spiro atoms. The first-order valence-corrected chi connectivity index (χ1v) is 5.24. The zero-order valence-corrected chi connectivity index (χ0v) is 9.83. The number of carbonyl (C=O) groups is 1. The lowest BCUT2D eigenvalue weighted by atomic mass is 9.94. The largest absolute Gasteiger partial charge is 0.478 e. The van der Waals surface area contributed by atoms with Crippen LogP contribution in [0.1, 0.15) is 24.2 Å². The molecule has 0 atom stereocenters. The van der Waals surface area contributed by atoms with Crippen molar-refractivity contribution in [2.75, 3.05) is 18.5 Å². The molecule has 0 aliphatic heterocycles. The molecule has 0 heterocycles. The van der Waals surface area contributed by atoms with Crippen molar-refractivity contribution in [1.29, 1.82) is 0 Å². The van der Waals surface area contributed by atoms with Crippen LogP contribution in [0.5, 0.6) is 0 Å². The van der Waals surface area contributed by atoms with Gasteiger partial charge in [-0.15, -0.1) is 0 Å². The van der Waals surface area contributed by atoms with Crippen LogP contribution in [0.4, 0.5) is 10.1 Å². The first-order chi connectivity index (χ1) is 7.87. The van der Waals surface area contributed by atoms with Gasteiger partial charge in [-0.1, -0.05) is 19.9 Å². The second-order valence-electron chi connectivity index (χ2n) is 4.64. The van der Waals surface area contributed by atoms with Crippen LogP contribution in [0.25, 0.3) is 0 Å². The van der Waals surface area contributed by atoms with Gasteiger partial charge in [-0.3, -0.25) is 0 Å². The maximum Gasteiger partial charge on any atom is 0.337 e. The van der Waals surface area contributed by atoms with Crippen molar-refractivity contribution in [3.05, 3.63) is 29.6 Å². The van der Waals surface area contributed by atoms with Crippen LogP contribution >= 0.6 is 0 Å². The Morgan fingerprint density at radius 1 is 1.47 bits per heavy atom. The molecule has 0 fully saturated rings. The maximum atomic E-state index is 13.5. The summed E-state index contributed by atoms with van der Waals surface area (Å²) in [5.74, 6) is -1.80. The first-order valence-electron chi connectivity index (χ1n) is 5.24. The molecule has 0 amide bonds. The lowest BCUT2D eigenvalue weighted by molar-refractivity contribution is 0.0697. The Labute approximate surface area is 99.1 Å². The van der Waals surface area contributed by atoms with Crippen LogP contribution < -0.4 is 5.32 Å². The molecule has 1 aromatic carbocycles. The third-order valence-electron chi connectivity index (χ3n) is 2.42. The van der Waals surface area contributed by atoms with E-state index in [0.29, 0.717) is 0 Å². The second-order valence-corrected chi connectivity index (χ2v) is 4.64. The number of aromatic carboxylic acids is 1. The van der Waals surface area contributed by atoms with Gasteiger partial charge >= 0.3 is 5.97 Å². The van der Waals surface area contributed by atoms with Gasteiger partial charge in [-0.25, -0.2) is 9.18 Å². The summed E-state index contributed by atoms with van der Waals surface area (Å²) < 4.78 is 13.5. The highest BCUT2D eigenvalue weighted by atomic mass is 19.1. The Balaban J connectivity index is 2.94. The lowest BCUT2D eigenvalue weighted by Crippen LogP contribution is -2.27. The van der Waals surface area contributed by atoms with E-state index in [2.05, 4.69) is 5.32 Å². The van der Waals surface area contributed by atoms with Gasteiger partial charge < -0.3 is 15.5 Å². The predicted molar refractivity (Wildman–Crippen MR) is 62.7 cm³/mol. The summed E-state index contributed by atoms with van der Waals surface area (Å²) in [7, 11) is 0. The third kappa shape index (κ3) is 3.42. The van der Waals surface area contributed by atoms with Gasteiger partial charge in [0.05, 0.1) is 11.3 Å². The highest BCUT2D eigenvalue weighted by molar-refractivity contribution is 5.94. The van der Waals surface area contributed by atoms with E-state index in [9.17, 15) is 9.18 Å². The number of benzene rings is 1. The molecule has 4 nitrogen and oxygen atoms in total. The zero-order valence-electron chi connectivity index (χ0n) is 9.83. The molecule has 94 valence electrons. The summed E-state index contributed by atoms with van der Waals surface area (Å²) in [6.45, 7) is 3.80. The van der Waals surface area contributed by atoms with Crippen LogP contribution in [0.3, 0.4) is 0 Å². The van der Waals surface area contributed by atoms with Crippen LogP contribution in [0.2, 0.25) is 0 Å². The molecule has 0 unspecified atom stereocenters. The van der Waals surface area contributed by atoms with Crippen LogP contribution in [0, 0.1) is 11.2 Å². The number of carboxylic acids is 1. The Kier molecular flexibility index (Phi) is 4.07. The summed E-state index contributed by atoms with van der Waals surface area (Å²) in [5.41, 5.74) is -0.599. The number of rotatable bonds is 5. The molecule has 0 aliphatic carbocycles. The molecule has 0 bridgehead atoms. The van der Waals surface area contributed by atoms with E-state index in [1.165, 1.54) is 18.2 Å². The highest BCUT2D eigenvalue weighted by Crippen LogP contribution is 2.22. The zero-order chi connectivity index (χ0) is 13.1. The predicted octanol–water partition coefficient (Wildman–Crippen LogP) is 1.95. The van der Waals surface area contributed by atoms with Crippen molar-refractivity contribution in [3.63, 3.8) is 0 Å². The fourth-order valence-electron chi connectivity index (χ4n) is 1.27. The molecule has 17 heavy (non-hydrogen) atoms. The second kappa shape index (κ2) is 5.14. The molecule has 0 radical (unpaired) electrons. The van der Waals surface area contributed by atoms with Crippen molar-refractivity contribution < 1.29 is 19.4 Å². The van der Waals surface area contributed by atoms with E-state index in [1.54, 1.807) is 13.8 Å². The van der Waals surface area contributed by atoms with E-state index in [1.807, 2.05) is 0 Å². The minimum atomic E-state index is -1.19. The van der Waals surface area contributed by atoms with E-state index in [-0.39, 0.29) is 24.4 Å². The highest BCUT2D eigenvalue weighted by Gasteiger charge is 2.19. The van der Waals surface area contributed by atoms with E-state index in [0.717, 1.165) is 0 Å². The lowest BCUT2D eigenvalue weighted by Gasteiger charge is -2.23. The van der Waals surface area contributed by atoms with Crippen LogP contribution in [0.15, 0.2) is 18.2 Å². The number of para-hydroxylation sites is 1. The third-order valence-corrected chi connectivity index (χ3v) is 2.42. The van der Waals surface area contributed by atoms with Crippen LogP contribution in [-0.2, 0) is 0 Å². The average molecular weight is 241 g/mol. The van der Waals surface area contributed by atoms with Crippen molar-refractivity contribution in [2.24, 2.45) is 5.41 Å². The standard InChI is InChI=1S/C12H16FNO3/c1-12(2,7-15)6-14-10-8(11(16)17)4-3-5-9(10)13/h3-5,14-15H,6-7H2,1-2H3,(H,16,17). The number of hydrogen-bond acceptors (Lipinski definition) is 3. The number of halogens is 1. The Morgan fingerprint density at radius 2 is 2.12 bits per heavy atom. The van der Waals surface area contributed by atoms with Crippen molar-refractivity contribution in [2.45, 2.75) is 13.8 Å². The minimum Gasteiger partial charge on any atom is -0.478 e. The number of carboxylic acid groups (broad SMARTS) is 1. The molecule has 1 aromatic rings. The topological polar surface area (TPSA) is 69.6 Å². The fraction of sp³-hybridized carbons (Fsp3) is 0.417. The number of anilines is 1. The van der Waals surface area contributed by atoms with Gasteiger partial charge in [0, 0.05) is 18.6 Å². The Bertz CT molecular complexity index is 418. The number of hydrogen-bond donors (Lipinski definition) is 3. The van der Waals surface area contributed by atoms with Gasteiger partial charge in [0.2, 0.25) is 0 Å². The quantitative estimate of drug-likeness (QED) is 0.737. The summed E-state index contributed by atoms with van der Waals surface area (Å²) in [6, 6.07) is 3.88. The number of aliphatic hydroxyl groups is 1. The Morgan fingerprint density at radius 3 is 2.65 bits per heavy atom. The summed E-state index contributed by atoms with van der Waals surface area (Å²) in [4.78, 5) is 10.9. The maximum absolute atomic E-state index is 13.5. The average Bonchev–Trinajstić information content (AvgIpc) is 2.27. The normalized spacial score (nSPS) is 11.3. The van der Waals surface area contributed by atoms with Gasteiger partial charge in [0.15, 0.2) is 0 Å². The summed E-state index contributed by atoms with van der Waals surface area (Å²) in [6.07, 6.45) is 0. The number of aliphatic hydroxyl groups excluding tert-OH is 1. The van der Waals surface area contributed by atoms with E-state index < -0.39 is 17.2 Å². The van der Waals surface area contributed by atoms with Crippen molar-refractivity contribution in [1.82, 2.24) is 0 Å². The van der Waals surface area contributed by atoms with Crippen molar-refractivity contribution >= 4 is 11.7 Å². The first kappa shape index (κ1) is 13.4. The fourth-order valence-corrected chi connectivity index (χ4v) is 1.27. The molecule has 0 aliphatic rings. The molecular formula is C12H16FNO3. The molecule has 0 saturated heterocycles. The molecule has 0 aromatic heterocycles. The molecule has 0 saturated carbocycles.